The number of benzene rings is 3. The third kappa shape index (κ3) is 6.50. The van der Waals surface area contributed by atoms with E-state index in [0.717, 1.165) is 33.1 Å². The van der Waals surface area contributed by atoms with Gasteiger partial charge < -0.3 is 19.9 Å². The fourth-order valence-electron chi connectivity index (χ4n) is 4.52. The van der Waals surface area contributed by atoms with Gasteiger partial charge in [0.25, 0.3) is 11.1 Å². The predicted octanol–water partition coefficient (Wildman–Crippen LogP) is 5.66. The number of rotatable bonds is 9. The Kier molecular flexibility index (Phi) is 8.21. The van der Waals surface area contributed by atoms with Crippen molar-refractivity contribution in [2.24, 2.45) is 0 Å². The van der Waals surface area contributed by atoms with Crippen LogP contribution in [0.4, 0.5) is 16.2 Å². The SMILES string of the molecule is CCOc1ccc(NC(=O)CN2C(=O)S/C(=C/c3cn(CC(=O)Nc4cccc(C)c4)c4ccccc34)C2=O)cc1. The van der Waals surface area contributed by atoms with Gasteiger partial charge in [0.05, 0.1) is 11.5 Å². The van der Waals surface area contributed by atoms with Crippen LogP contribution >= 0.6 is 11.8 Å². The zero-order valence-corrected chi connectivity index (χ0v) is 23.4. The van der Waals surface area contributed by atoms with Crippen LogP contribution in [0.5, 0.6) is 5.75 Å². The van der Waals surface area contributed by atoms with E-state index >= 15 is 0 Å². The summed E-state index contributed by atoms with van der Waals surface area (Å²) in [6.07, 6.45) is 3.42. The highest BCUT2D eigenvalue weighted by molar-refractivity contribution is 8.18. The first kappa shape index (κ1) is 27.7. The second-order valence-corrected chi connectivity index (χ2v) is 10.4. The van der Waals surface area contributed by atoms with Crippen molar-refractivity contribution in [2.75, 3.05) is 23.8 Å². The average molecular weight is 569 g/mol. The minimum atomic E-state index is -0.545. The van der Waals surface area contributed by atoms with Crippen LogP contribution in [-0.2, 0) is 20.9 Å². The van der Waals surface area contributed by atoms with E-state index in [-0.39, 0.29) is 17.4 Å². The molecule has 1 aromatic heterocycles. The van der Waals surface area contributed by atoms with Crippen LogP contribution in [0.2, 0.25) is 0 Å². The molecule has 208 valence electrons. The molecule has 0 saturated carbocycles. The summed E-state index contributed by atoms with van der Waals surface area (Å²) in [4.78, 5) is 52.3. The van der Waals surface area contributed by atoms with Crippen LogP contribution in [0.3, 0.4) is 0 Å². The van der Waals surface area contributed by atoms with Gasteiger partial charge in [-0.15, -0.1) is 0 Å². The molecule has 10 heteroatoms. The van der Waals surface area contributed by atoms with Gasteiger partial charge in [-0.3, -0.25) is 24.1 Å². The Morgan fingerprint density at radius 2 is 1.63 bits per heavy atom. The van der Waals surface area contributed by atoms with Crippen LogP contribution in [0.1, 0.15) is 18.1 Å². The van der Waals surface area contributed by atoms with Gasteiger partial charge in [0, 0.05) is 34.0 Å². The number of hydrogen-bond donors (Lipinski definition) is 2. The van der Waals surface area contributed by atoms with Crippen molar-refractivity contribution in [3.63, 3.8) is 0 Å². The summed E-state index contributed by atoms with van der Waals surface area (Å²) in [5.74, 6) is -0.554. The summed E-state index contributed by atoms with van der Waals surface area (Å²) >= 11 is 0.781. The van der Waals surface area contributed by atoms with Crippen molar-refractivity contribution in [1.29, 1.82) is 0 Å². The summed E-state index contributed by atoms with van der Waals surface area (Å²) in [6.45, 7) is 4.02. The first-order valence-electron chi connectivity index (χ1n) is 13.0. The fourth-order valence-corrected chi connectivity index (χ4v) is 5.35. The molecule has 0 unspecified atom stereocenters. The molecule has 9 nitrogen and oxygen atoms in total. The maximum Gasteiger partial charge on any atom is 0.294 e. The van der Waals surface area contributed by atoms with E-state index in [0.29, 0.717) is 29.3 Å². The lowest BCUT2D eigenvalue weighted by Crippen LogP contribution is -2.36. The summed E-state index contributed by atoms with van der Waals surface area (Å²) in [5, 5.41) is 5.92. The zero-order valence-electron chi connectivity index (χ0n) is 22.5. The summed E-state index contributed by atoms with van der Waals surface area (Å²) in [6, 6.07) is 21.9. The van der Waals surface area contributed by atoms with Crippen LogP contribution in [0.25, 0.3) is 17.0 Å². The van der Waals surface area contributed by atoms with Gasteiger partial charge in [0.15, 0.2) is 0 Å². The fraction of sp³-hybridized carbons (Fsp3) is 0.161. The molecule has 0 spiro atoms. The number of carbonyl (C=O) groups excluding carboxylic acids is 4. The second-order valence-electron chi connectivity index (χ2n) is 9.42. The molecule has 2 N–H and O–H groups in total. The van der Waals surface area contributed by atoms with E-state index in [4.69, 9.17) is 4.74 Å². The molecule has 3 aromatic carbocycles. The highest BCUT2D eigenvalue weighted by atomic mass is 32.2. The van der Waals surface area contributed by atoms with E-state index in [9.17, 15) is 19.2 Å². The second kappa shape index (κ2) is 12.1. The van der Waals surface area contributed by atoms with E-state index in [1.54, 1.807) is 41.1 Å². The molecule has 41 heavy (non-hydrogen) atoms. The van der Waals surface area contributed by atoms with E-state index in [2.05, 4.69) is 10.6 Å². The molecular formula is C31H28N4O5S. The molecule has 1 aliphatic heterocycles. The number of nitrogens with one attached hydrogen (secondary N) is 2. The Labute approximate surface area is 241 Å². The largest absolute Gasteiger partial charge is 0.494 e. The number of carbonyl (C=O) groups is 4. The number of aryl methyl sites for hydroxylation is 1. The Hall–Kier alpha value is -4.83. The van der Waals surface area contributed by atoms with Gasteiger partial charge in [-0.05, 0) is 79.7 Å². The maximum absolute atomic E-state index is 13.1. The number of imide groups is 1. The molecule has 0 bridgehead atoms. The lowest BCUT2D eigenvalue weighted by atomic mass is 10.1. The number of thioether (sulfide) groups is 1. The van der Waals surface area contributed by atoms with Crippen LogP contribution in [0, 0.1) is 6.92 Å². The Morgan fingerprint density at radius 3 is 2.39 bits per heavy atom. The first-order chi connectivity index (χ1) is 19.8. The molecule has 0 aliphatic carbocycles. The standard InChI is InChI=1S/C31H28N4O5S/c1-3-40-24-13-11-22(12-14-24)32-29(37)19-35-30(38)27(41-31(35)39)16-21-17-34(26-10-5-4-9-25(21)26)18-28(36)33-23-8-6-7-20(2)15-23/h4-17H,3,18-19H2,1-2H3,(H,32,37)(H,33,36)/b27-16+. The minimum absolute atomic E-state index is 0.0650. The van der Waals surface area contributed by atoms with Gasteiger partial charge >= 0.3 is 0 Å². The molecule has 1 saturated heterocycles. The average Bonchev–Trinajstić information content (AvgIpc) is 3.41. The van der Waals surface area contributed by atoms with Crippen molar-refractivity contribution in [2.45, 2.75) is 20.4 Å². The number of amides is 4. The lowest BCUT2D eigenvalue weighted by molar-refractivity contribution is -0.127. The van der Waals surface area contributed by atoms with Gasteiger partial charge in [-0.2, -0.15) is 0 Å². The molecule has 4 aromatic rings. The first-order valence-corrected chi connectivity index (χ1v) is 13.8. The van der Waals surface area contributed by atoms with E-state index in [1.165, 1.54) is 0 Å². The lowest BCUT2D eigenvalue weighted by Gasteiger charge is -2.12. The highest BCUT2D eigenvalue weighted by Gasteiger charge is 2.36. The zero-order chi connectivity index (χ0) is 28.9. The number of anilines is 2. The van der Waals surface area contributed by atoms with Gasteiger partial charge in [-0.25, -0.2) is 0 Å². The number of para-hydroxylation sites is 1. The molecule has 5 rings (SSSR count). The van der Waals surface area contributed by atoms with Gasteiger partial charge in [0.2, 0.25) is 11.8 Å². The number of hydrogen-bond acceptors (Lipinski definition) is 6. The number of ether oxygens (including phenoxy) is 1. The van der Waals surface area contributed by atoms with Crippen LogP contribution in [0.15, 0.2) is 83.9 Å². The van der Waals surface area contributed by atoms with Crippen molar-refractivity contribution in [1.82, 2.24) is 9.47 Å². The maximum atomic E-state index is 13.1. The quantitative estimate of drug-likeness (QED) is 0.252. The Bertz CT molecular complexity index is 1680. The molecule has 1 aliphatic rings. The molecular weight excluding hydrogens is 540 g/mol. The number of fused-ring (bicyclic) bond motifs is 1. The highest BCUT2D eigenvalue weighted by Crippen LogP contribution is 2.34. The van der Waals surface area contributed by atoms with Crippen molar-refractivity contribution >= 4 is 63.1 Å². The van der Waals surface area contributed by atoms with Gasteiger partial charge in [0.1, 0.15) is 18.8 Å². The van der Waals surface area contributed by atoms with Crippen molar-refractivity contribution < 1.29 is 23.9 Å². The predicted molar refractivity (Wildman–Crippen MR) is 161 cm³/mol. The van der Waals surface area contributed by atoms with Crippen molar-refractivity contribution in [3.8, 4) is 5.75 Å². The normalized spacial score (nSPS) is 14.1. The van der Waals surface area contributed by atoms with E-state index in [1.807, 2.05) is 62.4 Å². The molecule has 4 amide bonds. The van der Waals surface area contributed by atoms with E-state index < -0.39 is 23.6 Å². The number of nitrogens with zero attached hydrogens (tertiary/aromatic N) is 2. The molecule has 2 heterocycles. The molecule has 0 atom stereocenters. The molecule has 1 fully saturated rings. The summed E-state index contributed by atoms with van der Waals surface area (Å²) < 4.78 is 7.20. The number of aromatic nitrogens is 1. The van der Waals surface area contributed by atoms with Crippen LogP contribution < -0.4 is 15.4 Å². The van der Waals surface area contributed by atoms with Gasteiger partial charge in [-0.1, -0.05) is 30.3 Å². The van der Waals surface area contributed by atoms with Crippen LogP contribution in [-0.4, -0.2) is 45.6 Å². The minimum Gasteiger partial charge on any atom is -0.494 e. The third-order valence-corrected chi connectivity index (χ3v) is 7.25. The Morgan fingerprint density at radius 1 is 0.902 bits per heavy atom. The summed E-state index contributed by atoms with van der Waals surface area (Å²) in [7, 11) is 0. The smallest absolute Gasteiger partial charge is 0.294 e. The molecule has 0 radical (unpaired) electrons. The topological polar surface area (TPSA) is 110 Å². The Balaban J connectivity index is 1.29. The summed E-state index contributed by atoms with van der Waals surface area (Å²) in [5.41, 5.74) is 3.78. The van der Waals surface area contributed by atoms with Crippen molar-refractivity contribution in [3.05, 3.63) is 95.0 Å². The monoisotopic (exact) mass is 568 g/mol. The third-order valence-electron chi connectivity index (χ3n) is 6.35.